The highest BCUT2D eigenvalue weighted by Gasteiger charge is 2.52. The molecule has 0 aromatic rings. The van der Waals surface area contributed by atoms with Crippen LogP contribution in [0.5, 0.6) is 0 Å². The van der Waals surface area contributed by atoms with Gasteiger partial charge in [0.2, 0.25) is 0 Å². The van der Waals surface area contributed by atoms with Crippen molar-refractivity contribution >= 4 is 5.97 Å². The smallest absolute Gasteiger partial charge is 0.314 e. The van der Waals surface area contributed by atoms with Gasteiger partial charge in [0.15, 0.2) is 0 Å². The number of aliphatic hydroxyl groups is 1. The first-order chi connectivity index (χ1) is 5.94. The van der Waals surface area contributed by atoms with Crippen molar-refractivity contribution < 1.29 is 14.6 Å². The summed E-state index contributed by atoms with van der Waals surface area (Å²) < 4.78 is 4.77. The summed E-state index contributed by atoms with van der Waals surface area (Å²) >= 11 is 0. The average Bonchev–Trinajstić information content (AvgIpc) is 2.50. The third-order valence-electron chi connectivity index (χ3n) is 3.20. The molecule has 13 heavy (non-hydrogen) atoms. The number of rotatable bonds is 2. The maximum atomic E-state index is 11.6. The largest absolute Gasteiger partial charge is 0.469 e. The van der Waals surface area contributed by atoms with E-state index >= 15 is 0 Å². The summed E-state index contributed by atoms with van der Waals surface area (Å²) in [7, 11) is 1.38. The fourth-order valence-electron chi connectivity index (χ4n) is 2.24. The summed E-state index contributed by atoms with van der Waals surface area (Å²) in [6.07, 6.45) is 3.48. The molecule has 1 fully saturated rings. The van der Waals surface area contributed by atoms with Gasteiger partial charge in [-0.05, 0) is 26.7 Å². The minimum atomic E-state index is -0.976. The Labute approximate surface area is 79.1 Å². The zero-order chi connectivity index (χ0) is 10.1. The van der Waals surface area contributed by atoms with Crippen LogP contribution in [0.2, 0.25) is 0 Å². The third kappa shape index (κ3) is 1.57. The highest BCUT2D eigenvalue weighted by atomic mass is 16.5. The maximum Gasteiger partial charge on any atom is 0.314 e. The molecule has 0 radical (unpaired) electrons. The Balaban J connectivity index is 2.94. The van der Waals surface area contributed by atoms with Crippen LogP contribution < -0.4 is 0 Å². The van der Waals surface area contributed by atoms with E-state index in [2.05, 4.69) is 0 Å². The molecule has 0 unspecified atom stereocenters. The second kappa shape index (κ2) is 3.29. The predicted molar refractivity (Wildman–Crippen MR) is 49.2 cm³/mol. The van der Waals surface area contributed by atoms with Gasteiger partial charge in [-0.15, -0.1) is 0 Å². The van der Waals surface area contributed by atoms with E-state index in [0.29, 0.717) is 0 Å². The molecule has 1 aliphatic rings. The Morgan fingerprint density at radius 1 is 1.38 bits per heavy atom. The zero-order valence-electron chi connectivity index (χ0n) is 8.59. The van der Waals surface area contributed by atoms with Gasteiger partial charge in [0, 0.05) is 0 Å². The van der Waals surface area contributed by atoms with E-state index < -0.39 is 11.0 Å². The van der Waals surface area contributed by atoms with Gasteiger partial charge in [0.1, 0.15) is 0 Å². The van der Waals surface area contributed by atoms with Crippen molar-refractivity contribution in [3.05, 3.63) is 0 Å². The van der Waals surface area contributed by atoms with Crippen LogP contribution in [0.3, 0.4) is 0 Å². The van der Waals surface area contributed by atoms with E-state index in [-0.39, 0.29) is 5.97 Å². The lowest BCUT2D eigenvalue weighted by Gasteiger charge is -2.37. The van der Waals surface area contributed by atoms with Crippen LogP contribution >= 0.6 is 0 Å². The van der Waals surface area contributed by atoms with Gasteiger partial charge in [0.25, 0.3) is 0 Å². The van der Waals surface area contributed by atoms with Gasteiger partial charge in [-0.3, -0.25) is 4.79 Å². The fraction of sp³-hybridized carbons (Fsp3) is 0.900. The van der Waals surface area contributed by atoms with Crippen LogP contribution in [0.1, 0.15) is 39.5 Å². The number of carbonyl (C=O) groups is 1. The average molecular weight is 186 g/mol. The van der Waals surface area contributed by atoms with Crippen molar-refractivity contribution in [2.24, 2.45) is 5.41 Å². The van der Waals surface area contributed by atoms with Crippen LogP contribution in [-0.4, -0.2) is 23.8 Å². The number of methoxy groups -OCH3 is 1. The predicted octanol–water partition coefficient (Wildman–Crippen LogP) is 1.49. The Kier molecular flexibility index (Phi) is 2.66. The lowest BCUT2D eigenvalue weighted by molar-refractivity contribution is -0.168. The quantitative estimate of drug-likeness (QED) is 0.665. The Morgan fingerprint density at radius 3 is 2.15 bits per heavy atom. The van der Waals surface area contributed by atoms with Crippen molar-refractivity contribution in [1.82, 2.24) is 0 Å². The molecule has 0 aromatic carbocycles. The number of ether oxygens (including phenoxy) is 1. The van der Waals surface area contributed by atoms with E-state index in [1.54, 1.807) is 13.8 Å². The Morgan fingerprint density at radius 2 is 1.85 bits per heavy atom. The van der Waals surface area contributed by atoms with Gasteiger partial charge < -0.3 is 9.84 Å². The maximum absolute atomic E-state index is 11.6. The summed E-state index contributed by atoms with van der Waals surface area (Å²) in [6.45, 7) is 3.38. The van der Waals surface area contributed by atoms with Crippen molar-refractivity contribution in [3.63, 3.8) is 0 Å². The molecule has 76 valence electrons. The highest BCUT2D eigenvalue weighted by Crippen LogP contribution is 2.47. The van der Waals surface area contributed by atoms with Crippen molar-refractivity contribution in [3.8, 4) is 0 Å². The van der Waals surface area contributed by atoms with E-state index in [0.717, 1.165) is 25.7 Å². The number of esters is 1. The normalized spacial score (nSPS) is 21.5. The van der Waals surface area contributed by atoms with Crippen LogP contribution in [0.15, 0.2) is 0 Å². The van der Waals surface area contributed by atoms with Crippen LogP contribution in [-0.2, 0) is 9.53 Å². The molecule has 1 rings (SSSR count). The molecule has 0 amide bonds. The number of hydrogen-bond donors (Lipinski definition) is 1. The molecule has 0 heterocycles. The summed E-state index contributed by atoms with van der Waals surface area (Å²) in [5.74, 6) is -0.266. The minimum Gasteiger partial charge on any atom is -0.469 e. The molecule has 1 saturated carbocycles. The molecule has 0 spiro atoms. The Hall–Kier alpha value is -0.570. The van der Waals surface area contributed by atoms with Crippen molar-refractivity contribution in [1.29, 1.82) is 0 Å². The summed E-state index contributed by atoms with van der Waals surface area (Å²) in [5, 5.41) is 9.97. The lowest BCUT2D eigenvalue weighted by atomic mass is 9.72. The molecule has 0 aliphatic heterocycles. The Bertz CT molecular complexity index is 197. The monoisotopic (exact) mass is 186 g/mol. The molecule has 0 bridgehead atoms. The van der Waals surface area contributed by atoms with Crippen LogP contribution in [0.4, 0.5) is 0 Å². The molecule has 0 aromatic heterocycles. The van der Waals surface area contributed by atoms with Crippen LogP contribution in [0.25, 0.3) is 0 Å². The fourth-order valence-corrected chi connectivity index (χ4v) is 2.24. The second-order valence-corrected chi connectivity index (χ2v) is 4.34. The number of carbonyl (C=O) groups excluding carboxylic acids is 1. The van der Waals surface area contributed by atoms with Gasteiger partial charge in [-0.1, -0.05) is 12.8 Å². The number of hydrogen-bond acceptors (Lipinski definition) is 3. The van der Waals surface area contributed by atoms with Crippen LogP contribution in [0, 0.1) is 5.41 Å². The third-order valence-corrected chi connectivity index (χ3v) is 3.20. The van der Waals surface area contributed by atoms with E-state index in [1.165, 1.54) is 7.11 Å². The summed E-state index contributed by atoms with van der Waals surface area (Å²) in [5.41, 5.74) is -1.64. The van der Waals surface area contributed by atoms with Gasteiger partial charge >= 0.3 is 5.97 Å². The lowest BCUT2D eigenvalue weighted by Crippen LogP contribution is -2.48. The minimum absolute atomic E-state index is 0.266. The van der Waals surface area contributed by atoms with E-state index in [9.17, 15) is 9.90 Å². The van der Waals surface area contributed by atoms with Crippen molar-refractivity contribution in [2.75, 3.05) is 7.11 Å². The van der Waals surface area contributed by atoms with E-state index in [1.807, 2.05) is 0 Å². The first-order valence-electron chi connectivity index (χ1n) is 4.75. The SMILES string of the molecule is COC(=O)C1(C(C)(C)O)CCCC1. The topological polar surface area (TPSA) is 46.5 Å². The molecule has 3 nitrogen and oxygen atoms in total. The van der Waals surface area contributed by atoms with Gasteiger partial charge in [0.05, 0.1) is 18.1 Å². The van der Waals surface area contributed by atoms with E-state index in [4.69, 9.17) is 4.74 Å². The van der Waals surface area contributed by atoms with Gasteiger partial charge in [-0.2, -0.15) is 0 Å². The molecule has 0 saturated heterocycles. The molecule has 1 N–H and O–H groups in total. The molecule has 1 aliphatic carbocycles. The first-order valence-corrected chi connectivity index (χ1v) is 4.75. The second-order valence-electron chi connectivity index (χ2n) is 4.34. The van der Waals surface area contributed by atoms with Gasteiger partial charge in [-0.25, -0.2) is 0 Å². The molecular weight excluding hydrogens is 168 g/mol. The molecule has 3 heteroatoms. The van der Waals surface area contributed by atoms with Crippen molar-refractivity contribution in [2.45, 2.75) is 45.1 Å². The summed E-state index contributed by atoms with van der Waals surface area (Å²) in [6, 6.07) is 0. The molecular formula is C10H18O3. The molecule has 0 atom stereocenters. The highest BCUT2D eigenvalue weighted by molar-refractivity contribution is 5.78. The summed E-state index contributed by atoms with van der Waals surface area (Å²) in [4.78, 5) is 11.6. The standard InChI is InChI=1S/C10H18O3/c1-9(2,12)10(8(11)13-3)6-4-5-7-10/h12H,4-7H2,1-3H3. The zero-order valence-corrected chi connectivity index (χ0v) is 8.59. The first kappa shape index (κ1) is 10.5.